The largest absolute Gasteiger partial charge is 0.494 e. The average molecular weight is 1060 g/mol. The molecule has 3 aliphatic rings. The van der Waals surface area contributed by atoms with Crippen molar-refractivity contribution >= 4 is 99.8 Å². The molecule has 23 heteroatoms. The van der Waals surface area contributed by atoms with Crippen LogP contribution in [0.2, 0.25) is 10.0 Å². The summed E-state index contributed by atoms with van der Waals surface area (Å²) in [5, 5.41) is 15.6. The smallest absolute Gasteiger partial charge is 0.319 e. The van der Waals surface area contributed by atoms with E-state index in [1.54, 1.807) is 55.7 Å². The van der Waals surface area contributed by atoms with Crippen molar-refractivity contribution in [2.24, 2.45) is 0 Å². The van der Waals surface area contributed by atoms with E-state index in [9.17, 15) is 28.5 Å². The number of carbonyl (C=O) groups excluding carboxylic acids is 5. The van der Waals surface area contributed by atoms with Crippen molar-refractivity contribution in [3.8, 4) is 11.5 Å². The zero-order valence-corrected chi connectivity index (χ0v) is 42.8. The van der Waals surface area contributed by atoms with Crippen LogP contribution < -0.4 is 46.3 Å². The monoisotopic (exact) mass is 1060 g/mol. The number of fused-ring (bicyclic) bond motifs is 1. The van der Waals surface area contributed by atoms with Crippen LogP contribution in [-0.4, -0.2) is 135 Å². The Hall–Kier alpha value is -6.96. The van der Waals surface area contributed by atoms with E-state index >= 15 is 0 Å². The summed E-state index contributed by atoms with van der Waals surface area (Å²) in [5.74, 6) is 0.424. The van der Waals surface area contributed by atoms with E-state index < -0.39 is 25.1 Å². The van der Waals surface area contributed by atoms with Gasteiger partial charge in [0.25, 0.3) is 5.91 Å². The molecule has 2 saturated heterocycles. The van der Waals surface area contributed by atoms with Crippen LogP contribution in [0.3, 0.4) is 0 Å². The Morgan fingerprint density at radius 1 is 0.877 bits per heavy atom. The first-order chi connectivity index (χ1) is 35.1. The molecule has 0 saturated carbocycles. The molecule has 0 radical (unpaired) electrons. The minimum Gasteiger partial charge on any atom is -0.494 e. The lowest BCUT2D eigenvalue weighted by molar-refractivity contribution is -0.138. The maximum Gasteiger partial charge on any atom is 0.319 e. The summed E-state index contributed by atoms with van der Waals surface area (Å²) >= 11 is 12.8. The molecule has 20 nitrogen and oxygen atoms in total. The molecule has 2 fully saturated rings. The van der Waals surface area contributed by atoms with E-state index in [2.05, 4.69) is 41.5 Å². The zero-order chi connectivity index (χ0) is 51.6. The van der Waals surface area contributed by atoms with Crippen molar-refractivity contribution in [2.45, 2.75) is 32.0 Å². The Bertz CT molecular complexity index is 2940. The van der Waals surface area contributed by atoms with Gasteiger partial charge in [0, 0.05) is 85.1 Å². The zero-order valence-electron chi connectivity index (χ0n) is 40.4. The number of halogens is 2. The number of hydrogen-bond donors (Lipinski definition) is 5. The van der Waals surface area contributed by atoms with Crippen molar-refractivity contribution in [2.75, 3.05) is 101 Å². The first kappa shape index (κ1) is 52.4. The Morgan fingerprint density at radius 3 is 2.44 bits per heavy atom. The van der Waals surface area contributed by atoms with Gasteiger partial charge in [-0.25, -0.2) is 9.78 Å². The Labute approximate surface area is 431 Å². The molecule has 5 N–H and O–H groups in total. The quantitative estimate of drug-likeness (QED) is 0.0324. The third kappa shape index (κ3) is 13.6. The topological polar surface area (TPSA) is 235 Å². The molecule has 4 heterocycles. The fraction of sp³-hybridized carbons (Fsp3) is 0.340. The van der Waals surface area contributed by atoms with Gasteiger partial charge in [-0.05, 0) is 73.3 Å². The molecule has 1 atom stereocenters. The lowest BCUT2D eigenvalue weighted by atomic mass is 10.0. The first-order valence-electron chi connectivity index (χ1n) is 23.4. The van der Waals surface area contributed by atoms with Gasteiger partial charge in [0.1, 0.15) is 42.9 Å². The highest BCUT2D eigenvalue weighted by Crippen LogP contribution is 2.39. The molecule has 6 amide bonds. The van der Waals surface area contributed by atoms with Crippen LogP contribution in [0, 0.1) is 0 Å². The van der Waals surface area contributed by atoms with E-state index in [0.29, 0.717) is 81.5 Å². The third-order valence-corrected chi connectivity index (χ3v) is 14.2. The van der Waals surface area contributed by atoms with Crippen LogP contribution in [0.4, 0.5) is 39.3 Å². The summed E-state index contributed by atoms with van der Waals surface area (Å²) < 4.78 is 35.7. The number of benzene rings is 4. The van der Waals surface area contributed by atoms with Gasteiger partial charge in [-0.3, -0.25) is 24.5 Å². The van der Waals surface area contributed by atoms with Crippen LogP contribution in [0.5, 0.6) is 11.5 Å². The summed E-state index contributed by atoms with van der Waals surface area (Å²) in [6.45, 7) is 6.88. The summed E-state index contributed by atoms with van der Waals surface area (Å²) in [6, 6.07) is 22.0. The number of carbonyl (C=O) groups is 5. The minimum atomic E-state index is -2.58. The van der Waals surface area contributed by atoms with Crippen LogP contribution in [0.25, 0.3) is 0 Å². The average Bonchev–Trinajstić information content (AvgIpc) is 3.69. The highest BCUT2D eigenvalue weighted by molar-refractivity contribution is 7.70. The molecule has 5 aromatic rings. The number of amides is 6. The van der Waals surface area contributed by atoms with Crippen LogP contribution in [-0.2, 0) is 41.5 Å². The fourth-order valence-electron chi connectivity index (χ4n) is 8.51. The number of imide groups is 1. The Morgan fingerprint density at radius 2 is 1.66 bits per heavy atom. The number of aromatic nitrogens is 2. The van der Waals surface area contributed by atoms with Gasteiger partial charge < -0.3 is 59.5 Å². The van der Waals surface area contributed by atoms with Gasteiger partial charge in [0.15, 0.2) is 5.82 Å². The summed E-state index contributed by atoms with van der Waals surface area (Å²) in [4.78, 5) is 77.1. The van der Waals surface area contributed by atoms with Gasteiger partial charge in [0.2, 0.25) is 23.7 Å². The number of ether oxygens (including phenoxy) is 4. The number of para-hydroxylation sites is 1. The van der Waals surface area contributed by atoms with Gasteiger partial charge >= 0.3 is 6.03 Å². The number of nitrogens with zero attached hydrogens (tertiary/aromatic N) is 5. The molecular weight excluding hydrogens is 1000 g/mol. The van der Waals surface area contributed by atoms with Crippen molar-refractivity contribution in [3.63, 3.8) is 0 Å². The van der Waals surface area contributed by atoms with Gasteiger partial charge in [-0.15, -0.1) is 0 Å². The van der Waals surface area contributed by atoms with Gasteiger partial charge in [0.05, 0.1) is 44.5 Å². The molecule has 8 rings (SSSR count). The Kier molecular flexibility index (Phi) is 17.0. The molecule has 73 heavy (non-hydrogen) atoms. The lowest BCUT2D eigenvalue weighted by Crippen LogP contribution is -2.52. The predicted molar refractivity (Wildman–Crippen MR) is 278 cm³/mol. The second-order valence-electron chi connectivity index (χ2n) is 17.6. The number of piperidine rings is 1. The van der Waals surface area contributed by atoms with E-state index in [0.717, 1.165) is 16.8 Å². The fourth-order valence-corrected chi connectivity index (χ4v) is 10.0. The first-order valence-corrected chi connectivity index (χ1v) is 26.8. The molecule has 0 spiro atoms. The molecule has 4 aromatic carbocycles. The number of anilines is 6. The molecular formula is C50H55Cl2N10O10P. The normalized spacial score (nSPS) is 15.7. The van der Waals surface area contributed by atoms with Crippen LogP contribution in [0.15, 0.2) is 85.1 Å². The van der Waals surface area contributed by atoms with Gasteiger partial charge in [-0.1, -0.05) is 47.5 Å². The molecule has 1 unspecified atom stereocenters. The van der Waals surface area contributed by atoms with Crippen molar-refractivity contribution in [1.29, 1.82) is 0 Å². The summed E-state index contributed by atoms with van der Waals surface area (Å²) in [5.41, 5.74) is 4.60. The number of nitrogens with one attached hydrogen (secondary N) is 5. The van der Waals surface area contributed by atoms with E-state index in [1.165, 1.54) is 11.1 Å². The third-order valence-electron chi connectivity index (χ3n) is 12.2. The Balaban J connectivity index is 0.706. The maximum atomic E-state index is 13.0. The predicted octanol–water partition coefficient (Wildman–Crippen LogP) is 6.37. The van der Waals surface area contributed by atoms with Crippen molar-refractivity contribution < 1.29 is 47.5 Å². The highest BCUT2D eigenvalue weighted by atomic mass is 35.5. The molecule has 1 aromatic heterocycles. The van der Waals surface area contributed by atoms with E-state index in [4.69, 9.17) is 42.1 Å². The molecule has 0 bridgehead atoms. The second kappa shape index (κ2) is 23.7. The highest BCUT2D eigenvalue weighted by Gasteiger charge is 2.39. The second-order valence-corrected chi connectivity index (χ2v) is 21.7. The van der Waals surface area contributed by atoms with Crippen LogP contribution >= 0.6 is 30.3 Å². The molecule has 384 valence electrons. The number of rotatable bonds is 20. The van der Waals surface area contributed by atoms with Crippen molar-refractivity contribution in [3.05, 3.63) is 112 Å². The number of methoxy groups -OCH3 is 1. The van der Waals surface area contributed by atoms with E-state index in [-0.39, 0.29) is 82.6 Å². The SMILES string of the molecule is COc1cc(N2CCN(C(=O)COCCOCCOc3cc(Cl)cc(NC(=O)NCc4ccc5c(c4)CN(C4CCC(=O)NC4=O)C5=O)c3)CC2)ccc1Nc1ncc(Cl)c(Nc2ccccc2P(C)(C)=O)n1. The van der Waals surface area contributed by atoms with Crippen LogP contribution in [0.1, 0.15) is 34.3 Å². The lowest BCUT2D eigenvalue weighted by Gasteiger charge is -2.36. The molecule has 0 aliphatic carbocycles. The van der Waals surface area contributed by atoms with Crippen molar-refractivity contribution in [1.82, 2.24) is 30.4 Å². The molecule has 3 aliphatic heterocycles. The standard InChI is InChI=1S/C50H55Cl2N10O10P/c1-69-42-26-35(9-11-39(42)57-49-53-28-38(52)46(59-49)56-40-6-4-5-7-43(40)73(2,3)68)60-14-16-61(17-15-60)45(64)30-71-19-18-70-20-21-72-36-24-33(51)23-34(25-36)55-50(67)54-27-31-8-10-37-32(22-31)29-62(48(37)66)41-12-13-44(63)58-47(41)65/h4-11,22-26,28,41H,12-21,27,29-30H2,1-3H3,(H2,54,55,67)(H,58,63,65)(H2,53,56,57,59). The maximum absolute atomic E-state index is 13.0. The minimum absolute atomic E-state index is 0.0754. The summed E-state index contributed by atoms with van der Waals surface area (Å²) in [6.07, 6.45) is 1.93. The van der Waals surface area contributed by atoms with E-state index in [1.807, 2.05) is 48.5 Å². The summed E-state index contributed by atoms with van der Waals surface area (Å²) in [7, 11) is -1.00. The number of piperazine rings is 1. The number of urea groups is 1. The van der Waals surface area contributed by atoms with Gasteiger partial charge in [-0.2, -0.15) is 4.98 Å². The number of hydrogen-bond acceptors (Lipinski definition) is 15.